The van der Waals surface area contributed by atoms with Gasteiger partial charge in [-0.05, 0) is 37.5 Å². The van der Waals surface area contributed by atoms with E-state index in [-0.39, 0.29) is 0 Å². The van der Waals surface area contributed by atoms with Crippen LogP contribution in [0.25, 0.3) is 0 Å². The molecule has 0 aromatic heterocycles. The van der Waals surface area contributed by atoms with E-state index in [1.807, 2.05) is 0 Å². The van der Waals surface area contributed by atoms with Crippen LogP contribution in [0.1, 0.15) is 51.9 Å². The van der Waals surface area contributed by atoms with Crippen molar-refractivity contribution in [1.82, 2.24) is 0 Å². The van der Waals surface area contributed by atoms with Gasteiger partial charge in [0.1, 0.15) is 0 Å². The highest BCUT2D eigenvalue weighted by molar-refractivity contribution is 4.82. The second-order valence-corrected chi connectivity index (χ2v) is 5.58. The fraction of sp³-hybridized carbons (Fsp3) is 1.00. The fourth-order valence-corrected chi connectivity index (χ4v) is 2.71. The van der Waals surface area contributed by atoms with E-state index in [4.69, 9.17) is 10.5 Å². The number of nitrogens with two attached hydrogens (primary N) is 1. The molecule has 2 aliphatic carbocycles. The van der Waals surface area contributed by atoms with Gasteiger partial charge >= 0.3 is 0 Å². The molecular formula is C13H25NO. The van der Waals surface area contributed by atoms with Gasteiger partial charge in [0.15, 0.2) is 0 Å². The quantitative estimate of drug-likeness (QED) is 0.776. The first-order chi connectivity index (χ1) is 7.25. The molecule has 0 aromatic rings. The minimum absolute atomic E-state index is 0.294. The Kier molecular flexibility index (Phi) is 4.04. The van der Waals surface area contributed by atoms with Crippen molar-refractivity contribution in [1.29, 1.82) is 0 Å². The zero-order chi connectivity index (χ0) is 10.7. The second kappa shape index (κ2) is 5.31. The zero-order valence-electron chi connectivity index (χ0n) is 9.95. The van der Waals surface area contributed by atoms with Gasteiger partial charge in [0.05, 0.1) is 6.10 Å². The Morgan fingerprint density at radius 2 is 2.00 bits per heavy atom. The summed E-state index contributed by atoms with van der Waals surface area (Å²) in [4.78, 5) is 0. The van der Waals surface area contributed by atoms with Crippen molar-refractivity contribution in [3.8, 4) is 0 Å². The molecule has 15 heavy (non-hydrogen) atoms. The summed E-state index contributed by atoms with van der Waals surface area (Å²) >= 11 is 0. The van der Waals surface area contributed by atoms with E-state index in [0.717, 1.165) is 24.9 Å². The predicted octanol–water partition coefficient (Wildman–Crippen LogP) is 2.71. The van der Waals surface area contributed by atoms with E-state index < -0.39 is 0 Å². The van der Waals surface area contributed by atoms with Gasteiger partial charge in [-0.2, -0.15) is 0 Å². The lowest BCUT2D eigenvalue weighted by molar-refractivity contribution is -0.00716. The third-order valence-electron chi connectivity index (χ3n) is 4.19. The summed E-state index contributed by atoms with van der Waals surface area (Å²) in [6, 6.07) is 0.294. The van der Waals surface area contributed by atoms with Gasteiger partial charge in [0, 0.05) is 12.6 Å². The van der Waals surface area contributed by atoms with E-state index >= 15 is 0 Å². The molecule has 0 bridgehead atoms. The van der Waals surface area contributed by atoms with Crippen molar-refractivity contribution in [2.75, 3.05) is 6.61 Å². The highest BCUT2D eigenvalue weighted by atomic mass is 16.5. The Balaban J connectivity index is 1.63. The molecule has 2 aliphatic rings. The summed E-state index contributed by atoms with van der Waals surface area (Å²) < 4.78 is 5.95. The first-order valence-corrected chi connectivity index (χ1v) is 6.63. The molecule has 2 N–H and O–H groups in total. The lowest BCUT2D eigenvalue weighted by Gasteiger charge is -2.33. The van der Waals surface area contributed by atoms with Gasteiger partial charge in [-0.25, -0.2) is 0 Å². The molecule has 2 saturated carbocycles. The third-order valence-corrected chi connectivity index (χ3v) is 4.19. The average molecular weight is 211 g/mol. The van der Waals surface area contributed by atoms with Gasteiger partial charge in [-0.1, -0.05) is 26.2 Å². The summed E-state index contributed by atoms with van der Waals surface area (Å²) in [5, 5.41) is 0. The van der Waals surface area contributed by atoms with Crippen molar-refractivity contribution in [3.63, 3.8) is 0 Å². The molecular weight excluding hydrogens is 186 g/mol. The molecule has 3 unspecified atom stereocenters. The van der Waals surface area contributed by atoms with Crippen LogP contribution in [-0.2, 0) is 4.74 Å². The van der Waals surface area contributed by atoms with E-state index in [1.165, 1.54) is 38.5 Å². The minimum Gasteiger partial charge on any atom is -0.377 e. The molecule has 0 spiro atoms. The molecule has 88 valence electrons. The maximum Gasteiger partial charge on any atom is 0.0728 e. The highest BCUT2D eigenvalue weighted by Gasteiger charge is 2.27. The average Bonchev–Trinajstić information content (AvgIpc) is 2.15. The largest absolute Gasteiger partial charge is 0.377 e. The standard InChI is InChI=1S/C13H25NO/c1-10-5-6-12(14)13(9-10)15-8-7-11-3-2-4-11/h10-13H,2-9,14H2,1H3. The topological polar surface area (TPSA) is 35.2 Å². The molecule has 0 aliphatic heterocycles. The summed E-state index contributed by atoms with van der Waals surface area (Å²) in [5.41, 5.74) is 6.08. The van der Waals surface area contributed by atoms with E-state index in [0.29, 0.717) is 12.1 Å². The summed E-state index contributed by atoms with van der Waals surface area (Å²) in [6.07, 6.45) is 9.49. The molecule has 2 rings (SSSR count). The Hall–Kier alpha value is -0.0800. The Labute approximate surface area is 93.6 Å². The van der Waals surface area contributed by atoms with Gasteiger partial charge in [-0.3, -0.25) is 0 Å². The third kappa shape index (κ3) is 3.18. The SMILES string of the molecule is CC1CCC(N)C(OCCC2CCC2)C1. The van der Waals surface area contributed by atoms with Crippen molar-refractivity contribution < 1.29 is 4.74 Å². The molecule has 0 amide bonds. The van der Waals surface area contributed by atoms with E-state index in [2.05, 4.69) is 6.92 Å². The minimum atomic E-state index is 0.294. The number of rotatable bonds is 4. The van der Waals surface area contributed by atoms with Crippen LogP contribution in [-0.4, -0.2) is 18.8 Å². The van der Waals surface area contributed by atoms with Crippen molar-refractivity contribution in [3.05, 3.63) is 0 Å². The smallest absolute Gasteiger partial charge is 0.0728 e. The molecule has 0 saturated heterocycles. The normalized spacial score (nSPS) is 37.6. The Morgan fingerprint density at radius 3 is 2.67 bits per heavy atom. The first kappa shape index (κ1) is 11.4. The van der Waals surface area contributed by atoms with Gasteiger partial charge in [-0.15, -0.1) is 0 Å². The van der Waals surface area contributed by atoms with Crippen LogP contribution in [0.4, 0.5) is 0 Å². The number of ether oxygens (including phenoxy) is 1. The van der Waals surface area contributed by atoms with Crippen molar-refractivity contribution in [2.45, 2.75) is 64.0 Å². The Bertz CT molecular complexity index is 191. The maximum absolute atomic E-state index is 6.08. The van der Waals surface area contributed by atoms with Crippen LogP contribution in [0, 0.1) is 11.8 Å². The molecule has 0 radical (unpaired) electrons. The molecule has 2 heteroatoms. The van der Waals surface area contributed by atoms with Crippen molar-refractivity contribution in [2.24, 2.45) is 17.6 Å². The van der Waals surface area contributed by atoms with Crippen LogP contribution in [0.15, 0.2) is 0 Å². The summed E-state index contributed by atoms with van der Waals surface area (Å²) in [7, 11) is 0. The lowest BCUT2D eigenvalue weighted by atomic mass is 9.83. The zero-order valence-corrected chi connectivity index (χ0v) is 9.95. The van der Waals surface area contributed by atoms with Crippen LogP contribution in [0.2, 0.25) is 0 Å². The summed E-state index contributed by atoms with van der Waals surface area (Å²) in [5.74, 6) is 1.76. The molecule has 2 fully saturated rings. The summed E-state index contributed by atoms with van der Waals surface area (Å²) in [6.45, 7) is 3.25. The van der Waals surface area contributed by atoms with Gasteiger partial charge in [0.25, 0.3) is 0 Å². The highest BCUT2D eigenvalue weighted by Crippen LogP contribution is 2.30. The first-order valence-electron chi connectivity index (χ1n) is 6.63. The predicted molar refractivity (Wildman–Crippen MR) is 62.7 cm³/mol. The van der Waals surface area contributed by atoms with Crippen LogP contribution >= 0.6 is 0 Å². The van der Waals surface area contributed by atoms with Crippen LogP contribution in [0.3, 0.4) is 0 Å². The Morgan fingerprint density at radius 1 is 1.20 bits per heavy atom. The van der Waals surface area contributed by atoms with Gasteiger partial charge < -0.3 is 10.5 Å². The molecule has 0 heterocycles. The molecule has 3 atom stereocenters. The van der Waals surface area contributed by atoms with Gasteiger partial charge in [0.2, 0.25) is 0 Å². The fourth-order valence-electron chi connectivity index (χ4n) is 2.71. The van der Waals surface area contributed by atoms with Crippen LogP contribution in [0.5, 0.6) is 0 Å². The lowest BCUT2D eigenvalue weighted by Crippen LogP contribution is -2.41. The van der Waals surface area contributed by atoms with Crippen molar-refractivity contribution >= 4 is 0 Å². The van der Waals surface area contributed by atoms with E-state index in [1.54, 1.807) is 0 Å². The van der Waals surface area contributed by atoms with Crippen LogP contribution < -0.4 is 5.73 Å². The monoisotopic (exact) mass is 211 g/mol. The maximum atomic E-state index is 6.08. The van der Waals surface area contributed by atoms with E-state index in [9.17, 15) is 0 Å². The molecule has 2 nitrogen and oxygen atoms in total. The molecule has 0 aromatic carbocycles. The second-order valence-electron chi connectivity index (χ2n) is 5.58. The number of hydrogen-bond donors (Lipinski definition) is 1. The number of hydrogen-bond acceptors (Lipinski definition) is 2.